The molecule has 0 aromatic rings. The summed E-state index contributed by atoms with van der Waals surface area (Å²) in [6, 6.07) is 0. The molecule has 0 fully saturated rings. The van der Waals surface area contributed by atoms with Gasteiger partial charge < -0.3 is 0 Å². The average molecular weight is 87.1 g/mol. The van der Waals surface area contributed by atoms with Gasteiger partial charge in [-0.1, -0.05) is 0 Å². The third-order valence-electron chi connectivity index (χ3n) is 0.365. The molecule has 0 aliphatic rings. The minimum atomic E-state index is 0.490. The second-order valence-electron chi connectivity index (χ2n) is 0.932. The van der Waals surface area contributed by atoms with Crippen LogP contribution >= 0.6 is 0 Å². The average Bonchev–Trinajstić information content (AvgIpc) is 1.61. The maximum atomic E-state index is 9.22. The Hall–Kier alpha value is -0.460. The standard InChI is InChI=1S/C4H7O2/c1-2-3-6-4-5/h2-3H2,1H3/q+1. The van der Waals surface area contributed by atoms with Crippen LogP contribution in [0, 0.1) is 6.33 Å². The summed E-state index contributed by atoms with van der Waals surface area (Å²) in [6.07, 6.45) is 2.19. The van der Waals surface area contributed by atoms with E-state index in [1.807, 2.05) is 6.92 Å². The Kier molecular flexibility index (Phi) is 4.19. The molecule has 2 heteroatoms. The van der Waals surface area contributed by atoms with Gasteiger partial charge in [-0.15, -0.1) is 0 Å². The second kappa shape index (κ2) is 4.54. The van der Waals surface area contributed by atoms with E-state index in [4.69, 9.17) is 0 Å². The van der Waals surface area contributed by atoms with Gasteiger partial charge in [-0.25, -0.2) is 0 Å². The fourth-order valence-electron chi connectivity index (χ4n) is 0.144. The first-order valence-corrected chi connectivity index (χ1v) is 1.90. The molecule has 0 N–H and O–H groups in total. The van der Waals surface area contributed by atoms with Crippen LogP contribution in [0.25, 0.3) is 0 Å². The van der Waals surface area contributed by atoms with Gasteiger partial charge in [-0.3, -0.25) is 0 Å². The molecule has 0 amide bonds. The van der Waals surface area contributed by atoms with Gasteiger partial charge >= 0.3 is 35.7 Å². The molecule has 0 heterocycles. The number of hydrogen-bond acceptors (Lipinski definition) is 1. The molecule has 0 aromatic carbocycles. The summed E-state index contributed by atoms with van der Waals surface area (Å²) in [5, 5.41) is 0. The zero-order chi connectivity index (χ0) is 4.83. The number of hydrogen-bond donors (Lipinski definition) is 0. The summed E-state index contributed by atoms with van der Waals surface area (Å²) in [6.45, 7) is 2.42. The van der Waals surface area contributed by atoms with E-state index < -0.39 is 0 Å². The quantitative estimate of drug-likeness (QED) is 0.361. The van der Waals surface area contributed by atoms with E-state index in [1.165, 1.54) is 6.33 Å². The fourth-order valence-corrected chi connectivity index (χ4v) is 0.144. The van der Waals surface area contributed by atoms with Crippen molar-refractivity contribution in [2.75, 3.05) is 6.61 Å². The van der Waals surface area contributed by atoms with Crippen molar-refractivity contribution in [2.45, 2.75) is 13.3 Å². The molecular formula is C4H7O2+. The summed E-state index contributed by atoms with van der Waals surface area (Å²) in [7, 11) is 0. The van der Waals surface area contributed by atoms with Gasteiger partial charge in [0.1, 0.15) is 0 Å². The topological polar surface area (TPSA) is 29.1 Å². The van der Waals surface area contributed by atoms with E-state index in [2.05, 4.69) is 4.74 Å². The molecule has 0 rings (SSSR count). The van der Waals surface area contributed by atoms with Gasteiger partial charge in [0.05, 0.1) is 0 Å². The zero-order valence-corrected chi connectivity index (χ0v) is 3.73. The monoisotopic (exact) mass is 87.0 g/mol. The van der Waals surface area contributed by atoms with E-state index in [1.54, 1.807) is 0 Å². The first-order chi connectivity index (χ1) is 2.91. The molecule has 0 spiro atoms. The maximum absolute atomic E-state index is 9.22. The molecule has 2 nitrogen and oxygen atoms in total. The second-order valence-corrected chi connectivity index (χ2v) is 0.932. The van der Waals surface area contributed by atoms with Gasteiger partial charge in [0.15, 0.2) is 0 Å². The Morgan fingerprint density at radius 2 is 2.50 bits per heavy atom. The summed E-state index contributed by atoms with van der Waals surface area (Å²) in [4.78, 5) is 0. The molecule has 0 aliphatic carbocycles. The van der Waals surface area contributed by atoms with Gasteiger partial charge in [0, 0.05) is 0 Å². The minimum absolute atomic E-state index is 0.490. The van der Waals surface area contributed by atoms with Crippen LogP contribution in [-0.4, -0.2) is 6.61 Å². The molecule has 0 atom stereocenters. The predicted octanol–water partition coefficient (Wildman–Crippen LogP) is 0.760. The van der Waals surface area contributed by atoms with Crippen LogP contribution in [-0.2, 0) is 9.39 Å². The van der Waals surface area contributed by atoms with Crippen molar-refractivity contribution in [2.24, 2.45) is 0 Å². The third kappa shape index (κ3) is 3.54. The molecule has 0 radical (unpaired) electrons. The van der Waals surface area contributed by atoms with Crippen molar-refractivity contribution in [3.8, 4) is 6.33 Å². The summed E-state index contributed by atoms with van der Waals surface area (Å²) < 4.78 is 13.4. The van der Waals surface area contributed by atoms with Crippen molar-refractivity contribution in [1.29, 1.82) is 0 Å². The molecule has 0 aromatic heterocycles. The van der Waals surface area contributed by atoms with Gasteiger partial charge in [0.2, 0.25) is 0 Å². The molecule has 34 valence electrons. The van der Waals surface area contributed by atoms with E-state index in [0.717, 1.165) is 6.42 Å². The molecule has 0 bridgehead atoms. The van der Waals surface area contributed by atoms with Gasteiger partial charge in [0.25, 0.3) is 0 Å². The van der Waals surface area contributed by atoms with Crippen molar-refractivity contribution in [3.05, 3.63) is 0 Å². The normalized spacial score (nSPS) is 6.67. The Labute approximate surface area is 36.8 Å². The van der Waals surface area contributed by atoms with Crippen LogP contribution in [0.15, 0.2) is 0 Å². The number of ether oxygens (including phenoxy) is 1. The Morgan fingerprint density at radius 3 is 2.67 bits per heavy atom. The van der Waals surface area contributed by atoms with E-state index in [0.29, 0.717) is 6.61 Å². The molecule has 0 saturated carbocycles. The molecule has 0 saturated heterocycles. The van der Waals surface area contributed by atoms with E-state index in [9.17, 15) is 4.65 Å². The van der Waals surface area contributed by atoms with Crippen molar-refractivity contribution < 1.29 is 9.39 Å². The van der Waals surface area contributed by atoms with Crippen molar-refractivity contribution >= 4 is 0 Å². The van der Waals surface area contributed by atoms with Crippen molar-refractivity contribution in [3.63, 3.8) is 0 Å². The van der Waals surface area contributed by atoms with E-state index >= 15 is 0 Å². The van der Waals surface area contributed by atoms with Crippen LogP contribution in [0.3, 0.4) is 0 Å². The number of rotatable bonds is 2. The van der Waals surface area contributed by atoms with Crippen LogP contribution in [0.5, 0.6) is 0 Å². The van der Waals surface area contributed by atoms with Crippen LogP contribution in [0.2, 0.25) is 0 Å². The van der Waals surface area contributed by atoms with E-state index in [-0.39, 0.29) is 0 Å². The van der Waals surface area contributed by atoms with Crippen LogP contribution < -0.4 is 0 Å². The zero-order valence-electron chi connectivity index (χ0n) is 3.73. The predicted molar refractivity (Wildman–Crippen MR) is 20.8 cm³/mol. The first-order valence-electron chi connectivity index (χ1n) is 1.90. The third-order valence-corrected chi connectivity index (χ3v) is 0.365. The Morgan fingerprint density at radius 1 is 1.83 bits per heavy atom. The molecular weight excluding hydrogens is 80.0 g/mol. The van der Waals surface area contributed by atoms with Crippen LogP contribution in [0.4, 0.5) is 0 Å². The Balaban J connectivity index is 2.54. The van der Waals surface area contributed by atoms with Gasteiger partial charge in [-0.05, 0) is 0 Å². The van der Waals surface area contributed by atoms with Gasteiger partial charge in [-0.2, -0.15) is 0 Å². The molecule has 6 heavy (non-hydrogen) atoms. The summed E-state index contributed by atoms with van der Waals surface area (Å²) >= 11 is 0. The summed E-state index contributed by atoms with van der Waals surface area (Å²) in [5.41, 5.74) is 0. The van der Waals surface area contributed by atoms with Crippen LogP contribution in [0.1, 0.15) is 13.3 Å². The molecule has 0 unspecified atom stereocenters. The summed E-state index contributed by atoms with van der Waals surface area (Å²) in [5.74, 6) is 0. The fraction of sp³-hybridized carbons (Fsp3) is 0.750. The first kappa shape index (κ1) is 5.54. The SMILES string of the molecule is CCCOC#[O+]. The molecule has 0 aliphatic heterocycles. The Bertz CT molecular complexity index is 53.1. The van der Waals surface area contributed by atoms with Crippen molar-refractivity contribution in [1.82, 2.24) is 0 Å².